The quantitative estimate of drug-likeness (QED) is 0.836. The molecule has 0 radical (unpaired) electrons. The van der Waals surface area contributed by atoms with E-state index in [1.165, 1.54) is 6.26 Å². The second-order valence-electron chi connectivity index (χ2n) is 5.38. The van der Waals surface area contributed by atoms with Gasteiger partial charge in [0.15, 0.2) is 11.5 Å². The monoisotopic (exact) mass is 274 g/mol. The molecular formula is C15H18N2O3. The molecule has 1 aromatic heterocycles. The number of nitrogens with one attached hydrogen (secondary N) is 1. The Morgan fingerprint density at radius 2 is 2.20 bits per heavy atom. The maximum atomic E-state index is 12.2. The Hall–Kier alpha value is -2.09. The Bertz CT molecular complexity index is 522. The minimum atomic E-state index is -0.901. The van der Waals surface area contributed by atoms with Crippen LogP contribution in [0, 0.1) is 16.7 Å². The smallest absolute Gasteiger partial charge is 0.240 e. The molecule has 0 aliphatic heterocycles. The van der Waals surface area contributed by atoms with E-state index in [9.17, 15) is 14.9 Å². The van der Waals surface area contributed by atoms with Crippen LogP contribution in [-0.4, -0.2) is 17.7 Å². The number of nitrogens with zero attached hydrogens (tertiary/aromatic N) is 1. The molecule has 1 atom stereocenters. The number of nitriles is 1. The van der Waals surface area contributed by atoms with Crippen molar-refractivity contribution in [2.45, 2.75) is 45.1 Å². The van der Waals surface area contributed by atoms with Gasteiger partial charge in [-0.15, -0.1) is 0 Å². The zero-order valence-electron chi connectivity index (χ0n) is 11.5. The summed E-state index contributed by atoms with van der Waals surface area (Å²) < 4.78 is 5.03. The lowest BCUT2D eigenvalue weighted by molar-refractivity contribution is -0.128. The highest BCUT2D eigenvalue weighted by Crippen LogP contribution is 2.37. The van der Waals surface area contributed by atoms with Gasteiger partial charge in [-0.3, -0.25) is 9.59 Å². The van der Waals surface area contributed by atoms with Crippen molar-refractivity contribution in [3.8, 4) is 6.07 Å². The van der Waals surface area contributed by atoms with Gasteiger partial charge in [-0.05, 0) is 31.9 Å². The third-order valence-electron chi connectivity index (χ3n) is 3.77. The Morgan fingerprint density at radius 1 is 1.50 bits per heavy atom. The first-order valence-corrected chi connectivity index (χ1v) is 6.86. The minimum absolute atomic E-state index is 0.153. The minimum Gasteiger partial charge on any atom is -0.461 e. The fourth-order valence-electron chi connectivity index (χ4n) is 2.60. The molecule has 1 amide bonds. The van der Waals surface area contributed by atoms with Crippen LogP contribution < -0.4 is 5.32 Å². The fraction of sp³-hybridized carbons (Fsp3) is 0.533. The van der Waals surface area contributed by atoms with E-state index in [0.717, 1.165) is 12.8 Å². The van der Waals surface area contributed by atoms with Gasteiger partial charge in [-0.2, -0.15) is 5.26 Å². The van der Waals surface area contributed by atoms with Crippen molar-refractivity contribution in [3.05, 3.63) is 24.2 Å². The molecule has 1 aliphatic rings. The van der Waals surface area contributed by atoms with Crippen LogP contribution in [0.1, 0.15) is 49.6 Å². The lowest BCUT2D eigenvalue weighted by atomic mass is 9.86. The van der Waals surface area contributed by atoms with Crippen molar-refractivity contribution in [1.29, 1.82) is 5.26 Å². The van der Waals surface area contributed by atoms with E-state index < -0.39 is 5.41 Å². The second kappa shape index (κ2) is 5.91. The number of furan rings is 1. The van der Waals surface area contributed by atoms with Crippen molar-refractivity contribution >= 4 is 11.7 Å². The molecule has 0 spiro atoms. The van der Waals surface area contributed by atoms with Crippen LogP contribution in [0.25, 0.3) is 0 Å². The first kappa shape index (κ1) is 14.3. The largest absolute Gasteiger partial charge is 0.461 e. The number of Topliss-reactive ketones (excluding diaryl/α,β-unsaturated/α-hetero) is 1. The molecular weight excluding hydrogens is 256 g/mol. The van der Waals surface area contributed by atoms with E-state index in [1.54, 1.807) is 19.1 Å². The van der Waals surface area contributed by atoms with Gasteiger partial charge in [-0.1, -0.05) is 12.8 Å². The number of carbonyl (C=O) groups excluding carboxylic acids is 2. The predicted molar refractivity (Wildman–Crippen MR) is 71.8 cm³/mol. The van der Waals surface area contributed by atoms with Crippen molar-refractivity contribution in [1.82, 2.24) is 5.32 Å². The van der Waals surface area contributed by atoms with Gasteiger partial charge in [0.25, 0.3) is 0 Å². The summed E-state index contributed by atoms with van der Waals surface area (Å²) in [5.41, 5.74) is -0.901. The third kappa shape index (κ3) is 2.90. The maximum Gasteiger partial charge on any atom is 0.240 e. The van der Waals surface area contributed by atoms with Gasteiger partial charge in [0.2, 0.25) is 5.91 Å². The van der Waals surface area contributed by atoms with Gasteiger partial charge in [-0.25, -0.2) is 0 Å². The van der Waals surface area contributed by atoms with E-state index in [4.69, 9.17) is 4.42 Å². The van der Waals surface area contributed by atoms with Crippen LogP contribution in [0.5, 0.6) is 0 Å². The molecule has 5 heteroatoms. The average Bonchev–Trinajstić information content (AvgIpc) is 3.10. The summed E-state index contributed by atoms with van der Waals surface area (Å²) in [4.78, 5) is 24.1. The Labute approximate surface area is 117 Å². The van der Waals surface area contributed by atoms with Gasteiger partial charge in [0, 0.05) is 12.5 Å². The molecule has 20 heavy (non-hydrogen) atoms. The summed E-state index contributed by atoms with van der Waals surface area (Å²) in [6.45, 7) is 1.76. The first-order valence-electron chi connectivity index (χ1n) is 6.86. The molecule has 2 rings (SSSR count). The van der Waals surface area contributed by atoms with Crippen molar-refractivity contribution < 1.29 is 14.0 Å². The highest BCUT2D eigenvalue weighted by Gasteiger charge is 2.41. The van der Waals surface area contributed by atoms with Crippen LogP contribution in [-0.2, 0) is 4.79 Å². The zero-order valence-corrected chi connectivity index (χ0v) is 11.5. The van der Waals surface area contributed by atoms with Crippen molar-refractivity contribution in [2.75, 3.05) is 0 Å². The summed E-state index contributed by atoms with van der Waals surface area (Å²) in [5, 5.41) is 12.0. The van der Waals surface area contributed by atoms with Crippen LogP contribution in [0.3, 0.4) is 0 Å². The van der Waals surface area contributed by atoms with E-state index >= 15 is 0 Å². The van der Waals surface area contributed by atoms with Crippen molar-refractivity contribution in [2.24, 2.45) is 5.41 Å². The Balaban J connectivity index is 1.91. The number of hydrogen-bond donors (Lipinski definition) is 1. The second-order valence-corrected chi connectivity index (χ2v) is 5.38. The molecule has 106 valence electrons. The zero-order chi connectivity index (χ0) is 14.6. The molecule has 1 N–H and O–H groups in total. The van der Waals surface area contributed by atoms with Gasteiger partial charge < -0.3 is 9.73 Å². The van der Waals surface area contributed by atoms with Gasteiger partial charge >= 0.3 is 0 Å². The Kier molecular flexibility index (Phi) is 4.23. The fourth-order valence-corrected chi connectivity index (χ4v) is 2.60. The van der Waals surface area contributed by atoms with Crippen LogP contribution >= 0.6 is 0 Å². The van der Waals surface area contributed by atoms with Crippen LogP contribution in [0.2, 0.25) is 0 Å². The standard InChI is InChI=1S/C15H18N2O3/c1-11(9-12(18)13-5-4-8-20-13)17-14(19)15(10-16)6-2-3-7-15/h4-5,8,11H,2-3,6-7,9H2,1H3,(H,17,19). The van der Waals surface area contributed by atoms with Crippen LogP contribution in [0.15, 0.2) is 22.8 Å². The molecule has 1 heterocycles. The molecule has 1 aliphatic carbocycles. The third-order valence-corrected chi connectivity index (χ3v) is 3.77. The number of rotatable bonds is 5. The number of hydrogen-bond acceptors (Lipinski definition) is 4. The van der Waals surface area contributed by atoms with Crippen LogP contribution in [0.4, 0.5) is 0 Å². The molecule has 1 unspecified atom stereocenters. The lowest BCUT2D eigenvalue weighted by Crippen LogP contribution is -2.43. The summed E-state index contributed by atoms with van der Waals surface area (Å²) in [6.07, 6.45) is 4.63. The summed E-state index contributed by atoms with van der Waals surface area (Å²) in [5.74, 6) is -0.112. The Morgan fingerprint density at radius 3 is 2.75 bits per heavy atom. The predicted octanol–water partition coefficient (Wildman–Crippen LogP) is 2.44. The molecule has 0 aromatic carbocycles. The topological polar surface area (TPSA) is 83.1 Å². The molecule has 0 bridgehead atoms. The SMILES string of the molecule is CC(CC(=O)c1ccco1)NC(=O)C1(C#N)CCCC1. The highest BCUT2D eigenvalue weighted by atomic mass is 16.3. The van der Waals surface area contributed by atoms with Gasteiger partial charge in [0.05, 0.1) is 12.3 Å². The number of carbonyl (C=O) groups is 2. The van der Waals surface area contributed by atoms with E-state index in [2.05, 4.69) is 11.4 Å². The lowest BCUT2D eigenvalue weighted by Gasteiger charge is -2.22. The van der Waals surface area contributed by atoms with E-state index in [0.29, 0.717) is 18.6 Å². The van der Waals surface area contributed by atoms with Gasteiger partial charge in [0.1, 0.15) is 5.41 Å². The molecule has 5 nitrogen and oxygen atoms in total. The maximum absolute atomic E-state index is 12.2. The summed E-state index contributed by atoms with van der Waals surface area (Å²) in [6, 6.07) is 5.09. The van der Waals surface area contributed by atoms with E-state index in [1.807, 2.05) is 0 Å². The molecule has 1 aromatic rings. The summed E-state index contributed by atoms with van der Waals surface area (Å²) >= 11 is 0. The van der Waals surface area contributed by atoms with Crippen molar-refractivity contribution in [3.63, 3.8) is 0 Å². The molecule has 0 saturated heterocycles. The number of ketones is 1. The first-order chi connectivity index (χ1) is 9.57. The molecule has 1 fully saturated rings. The summed E-state index contributed by atoms with van der Waals surface area (Å²) in [7, 11) is 0. The average molecular weight is 274 g/mol. The number of amides is 1. The van der Waals surface area contributed by atoms with E-state index in [-0.39, 0.29) is 24.2 Å². The highest BCUT2D eigenvalue weighted by molar-refractivity contribution is 5.94. The molecule has 1 saturated carbocycles. The normalized spacial score (nSPS) is 18.2.